The molecule has 0 bridgehead atoms. The van der Waals surface area contributed by atoms with Gasteiger partial charge < -0.3 is 51.0 Å². The number of ether oxygens (including phenoxy) is 3. The molecule has 10 nitrogen and oxygen atoms in total. The molecule has 8 N–H and O–H groups in total. The minimum Gasteiger partial charge on any atom is -0.390 e. The van der Waals surface area contributed by atoms with Crippen LogP contribution in [0.1, 0.15) is 13.3 Å². The Bertz CT molecular complexity index is 500. The van der Waals surface area contributed by atoms with Gasteiger partial charge in [-0.1, -0.05) is 0 Å². The third-order valence-electron chi connectivity index (χ3n) is 5.69. The van der Waals surface area contributed by atoms with E-state index < -0.39 is 60.3 Å². The van der Waals surface area contributed by atoms with Gasteiger partial charge >= 0.3 is 0 Å². The standard InChI is InChI=1S/C15H29N3O7/c1-6-4-14(21,5-16)15(22)13(23-6)24-12-10(20)7(17-2)9(19)8(18-3)11(12)25-15/h6-13,17-22H,4-5,16H2,1-3H3/t6-,7-,8+,9+,10+,11-,12-,13+,14-,15-/m1/s1. The quantitative estimate of drug-likeness (QED) is 0.265. The molecule has 0 spiro atoms. The molecule has 2 aliphatic heterocycles. The molecule has 0 aromatic rings. The highest BCUT2D eigenvalue weighted by atomic mass is 16.8. The van der Waals surface area contributed by atoms with Crippen LogP contribution in [0, 0.1) is 0 Å². The highest BCUT2D eigenvalue weighted by Gasteiger charge is 2.68. The van der Waals surface area contributed by atoms with E-state index in [1.807, 2.05) is 0 Å². The average molecular weight is 363 g/mol. The summed E-state index contributed by atoms with van der Waals surface area (Å²) in [5.41, 5.74) is 3.92. The van der Waals surface area contributed by atoms with Crippen LogP contribution >= 0.6 is 0 Å². The topological polar surface area (TPSA) is 159 Å². The van der Waals surface area contributed by atoms with Crippen molar-refractivity contribution in [2.45, 2.75) is 73.6 Å². The van der Waals surface area contributed by atoms with E-state index in [4.69, 9.17) is 19.9 Å². The number of aliphatic hydroxyl groups excluding tert-OH is 2. The third-order valence-corrected chi connectivity index (χ3v) is 5.69. The van der Waals surface area contributed by atoms with Crippen LogP contribution in [0.15, 0.2) is 0 Å². The van der Waals surface area contributed by atoms with Crippen LogP contribution in [0.25, 0.3) is 0 Å². The molecule has 3 aliphatic rings. The van der Waals surface area contributed by atoms with Gasteiger partial charge in [-0.15, -0.1) is 0 Å². The Hall–Kier alpha value is -0.400. The van der Waals surface area contributed by atoms with Gasteiger partial charge in [0.1, 0.15) is 23.9 Å². The fourth-order valence-corrected chi connectivity index (χ4v) is 4.26. The summed E-state index contributed by atoms with van der Waals surface area (Å²) in [6, 6.07) is -1.32. The molecule has 0 aromatic carbocycles. The van der Waals surface area contributed by atoms with Gasteiger partial charge in [0.05, 0.1) is 24.3 Å². The van der Waals surface area contributed by atoms with Crippen LogP contribution < -0.4 is 16.4 Å². The molecule has 2 heterocycles. The van der Waals surface area contributed by atoms with Gasteiger partial charge in [0.15, 0.2) is 0 Å². The Balaban J connectivity index is 1.97. The monoisotopic (exact) mass is 363 g/mol. The summed E-state index contributed by atoms with van der Waals surface area (Å²) in [5.74, 6) is -2.21. The molecule has 0 radical (unpaired) electrons. The summed E-state index contributed by atoms with van der Waals surface area (Å²) < 4.78 is 17.3. The highest BCUT2D eigenvalue weighted by Crippen LogP contribution is 2.46. The first-order valence-electron chi connectivity index (χ1n) is 8.56. The van der Waals surface area contributed by atoms with Crippen molar-refractivity contribution in [3.63, 3.8) is 0 Å². The zero-order valence-corrected chi connectivity index (χ0v) is 14.6. The van der Waals surface area contributed by atoms with E-state index in [1.54, 1.807) is 21.0 Å². The molecule has 0 aromatic heterocycles. The molecular formula is C15H29N3O7. The minimum absolute atomic E-state index is 0.0612. The number of nitrogens with one attached hydrogen (secondary N) is 2. The first kappa shape index (κ1) is 19.4. The van der Waals surface area contributed by atoms with Crippen molar-refractivity contribution in [2.75, 3.05) is 20.6 Å². The number of likely N-dealkylation sites (N-methyl/N-ethyl adjacent to an activating group) is 2. The normalized spacial score (nSPS) is 56.2. The second-order valence-corrected chi connectivity index (χ2v) is 7.21. The second kappa shape index (κ2) is 6.64. The van der Waals surface area contributed by atoms with E-state index in [-0.39, 0.29) is 13.0 Å². The molecule has 10 heteroatoms. The van der Waals surface area contributed by atoms with Crippen molar-refractivity contribution < 1.29 is 34.6 Å². The van der Waals surface area contributed by atoms with E-state index in [9.17, 15) is 20.4 Å². The Morgan fingerprint density at radius 3 is 2.24 bits per heavy atom. The van der Waals surface area contributed by atoms with Crippen molar-refractivity contribution in [3.05, 3.63) is 0 Å². The lowest BCUT2D eigenvalue weighted by molar-refractivity contribution is -0.481. The van der Waals surface area contributed by atoms with Gasteiger partial charge in [0, 0.05) is 13.0 Å². The van der Waals surface area contributed by atoms with Gasteiger partial charge in [-0.05, 0) is 21.0 Å². The van der Waals surface area contributed by atoms with E-state index in [2.05, 4.69) is 10.6 Å². The maximum atomic E-state index is 11.1. The predicted molar refractivity (Wildman–Crippen MR) is 85.4 cm³/mol. The van der Waals surface area contributed by atoms with Gasteiger partial charge in [-0.3, -0.25) is 0 Å². The zero-order valence-electron chi connectivity index (χ0n) is 14.6. The van der Waals surface area contributed by atoms with Gasteiger partial charge in [-0.2, -0.15) is 0 Å². The van der Waals surface area contributed by atoms with E-state index in [0.717, 1.165) is 0 Å². The first-order valence-corrected chi connectivity index (χ1v) is 8.56. The van der Waals surface area contributed by atoms with Crippen LogP contribution in [-0.4, -0.2) is 101 Å². The molecular weight excluding hydrogens is 334 g/mol. The number of hydrogen-bond acceptors (Lipinski definition) is 10. The number of rotatable bonds is 3. The summed E-state index contributed by atoms with van der Waals surface area (Å²) in [6.07, 6.45) is -5.59. The fourth-order valence-electron chi connectivity index (χ4n) is 4.26. The lowest BCUT2D eigenvalue weighted by Crippen LogP contribution is -2.81. The summed E-state index contributed by atoms with van der Waals surface area (Å²) in [7, 11) is 3.25. The lowest BCUT2D eigenvalue weighted by Gasteiger charge is -2.60. The highest BCUT2D eigenvalue weighted by molar-refractivity contribution is 5.12. The Morgan fingerprint density at radius 1 is 1.04 bits per heavy atom. The molecule has 0 amide bonds. The number of nitrogens with two attached hydrogens (primary N) is 1. The Labute approximate surface area is 146 Å². The van der Waals surface area contributed by atoms with Crippen LogP contribution in [0.4, 0.5) is 0 Å². The average Bonchev–Trinajstić information content (AvgIpc) is 2.56. The number of aliphatic hydroxyl groups is 4. The van der Waals surface area contributed by atoms with E-state index in [1.165, 1.54) is 0 Å². The minimum atomic E-state index is -2.21. The first-order chi connectivity index (χ1) is 11.7. The molecule has 1 saturated carbocycles. The van der Waals surface area contributed by atoms with Crippen molar-refractivity contribution in [3.8, 4) is 0 Å². The Morgan fingerprint density at radius 2 is 1.68 bits per heavy atom. The van der Waals surface area contributed by atoms with Crippen molar-refractivity contribution >= 4 is 0 Å². The summed E-state index contributed by atoms with van der Waals surface area (Å²) in [4.78, 5) is 0. The third kappa shape index (κ3) is 2.72. The van der Waals surface area contributed by atoms with Gasteiger partial charge in [-0.25, -0.2) is 0 Å². The number of fused-ring (bicyclic) bond motifs is 2. The van der Waals surface area contributed by atoms with Crippen LogP contribution in [-0.2, 0) is 14.2 Å². The summed E-state index contributed by atoms with van der Waals surface area (Å²) in [6.45, 7) is 1.46. The predicted octanol–water partition coefficient (Wildman–Crippen LogP) is -3.80. The summed E-state index contributed by atoms with van der Waals surface area (Å²) in [5, 5.41) is 48.9. The van der Waals surface area contributed by atoms with E-state index >= 15 is 0 Å². The second-order valence-electron chi connectivity index (χ2n) is 7.21. The molecule has 146 valence electrons. The van der Waals surface area contributed by atoms with Crippen molar-refractivity contribution in [1.82, 2.24) is 10.6 Å². The van der Waals surface area contributed by atoms with Crippen LogP contribution in [0.3, 0.4) is 0 Å². The Kier molecular flexibility index (Phi) is 5.14. The molecule has 3 rings (SSSR count). The molecule has 25 heavy (non-hydrogen) atoms. The maximum absolute atomic E-state index is 11.1. The van der Waals surface area contributed by atoms with E-state index in [0.29, 0.717) is 0 Å². The largest absolute Gasteiger partial charge is 0.390 e. The maximum Gasteiger partial charge on any atom is 0.249 e. The number of hydrogen-bond donors (Lipinski definition) is 7. The molecule has 3 fully saturated rings. The molecule has 0 unspecified atom stereocenters. The smallest absolute Gasteiger partial charge is 0.249 e. The lowest BCUT2D eigenvalue weighted by atomic mass is 9.78. The zero-order chi connectivity index (χ0) is 18.6. The van der Waals surface area contributed by atoms with Gasteiger partial charge in [0.25, 0.3) is 0 Å². The SMILES string of the molecule is CN[C@@H]1[C@H](O)[C@H](NC)[C@H]2O[C@]3(O)[C@H](O[C@@H]2[C@H]1O)O[C@H](C)C[C@@]3(O)CN. The molecule has 10 atom stereocenters. The fraction of sp³-hybridized carbons (Fsp3) is 1.00. The molecule has 2 saturated heterocycles. The van der Waals surface area contributed by atoms with Crippen molar-refractivity contribution in [2.24, 2.45) is 5.73 Å². The van der Waals surface area contributed by atoms with Crippen molar-refractivity contribution in [1.29, 1.82) is 0 Å². The van der Waals surface area contributed by atoms with Crippen LogP contribution in [0.5, 0.6) is 0 Å². The van der Waals surface area contributed by atoms with Gasteiger partial charge in [0.2, 0.25) is 12.1 Å². The van der Waals surface area contributed by atoms with Crippen LogP contribution in [0.2, 0.25) is 0 Å². The summed E-state index contributed by atoms with van der Waals surface area (Å²) >= 11 is 0. The molecule has 1 aliphatic carbocycles.